The molecule has 0 fully saturated rings. The molecule has 0 atom stereocenters. The zero-order valence-corrected chi connectivity index (χ0v) is 18.1. The molecule has 2 heterocycles. The molecule has 0 aliphatic heterocycles. The Morgan fingerprint density at radius 3 is 2.23 bits per heavy atom. The summed E-state index contributed by atoms with van der Waals surface area (Å²) in [5, 5.41) is 1.58. The molecule has 5 aromatic rings. The molecule has 3 N–H and O–H groups in total. The van der Waals surface area contributed by atoms with Crippen LogP contribution < -0.4 is 5.73 Å². The van der Waals surface area contributed by atoms with Gasteiger partial charge in [0.1, 0.15) is 14.9 Å². The van der Waals surface area contributed by atoms with Gasteiger partial charge in [-0.2, -0.15) is 8.42 Å². The van der Waals surface area contributed by atoms with Crippen molar-refractivity contribution in [2.45, 2.75) is 11.8 Å². The fourth-order valence-electron chi connectivity index (χ4n) is 3.32. The molecule has 0 aliphatic rings. The van der Waals surface area contributed by atoms with E-state index in [-0.39, 0.29) is 4.90 Å². The van der Waals surface area contributed by atoms with E-state index in [1.54, 1.807) is 30.4 Å². The summed E-state index contributed by atoms with van der Waals surface area (Å²) in [6.45, 7) is 1.66. The minimum atomic E-state index is -4.34. The smallest absolute Gasteiger partial charge is 0.296 e. The van der Waals surface area contributed by atoms with Crippen LogP contribution in [0.25, 0.3) is 41.6 Å². The maximum Gasteiger partial charge on any atom is 0.296 e. The minimum Gasteiger partial charge on any atom is -0.399 e. The molecule has 0 unspecified atom stereocenters. The molecule has 0 spiro atoms. The van der Waals surface area contributed by atoms with Crippen molar-refractivity contribution in [2.75, 3.05) is 5.73 Å². The normalized spacial score (nSPS) is 12.1. The summed E-state index contributed by atoms with van der Waals surface area (Å²) in [7, 11) is -4.34. The highest BCUT2D eigenvalue weighted by Gasteiger charge is 2.21. The molecule has 0 amide bonds. The highest BCUT2D eigenvalue weighted by atomic mass is 32.2. The van der Waals surface area contributed by atoms with E-state index in [9.17, 15) is 13.0 Å². The number of nitrogen functional groups attached to an aromatic ring is 1. The van der Waals surface area contributed by atoms with E-state index in [1.807, 2.05) is 42.5 Å². The number of thiazole rings is 2. The standard InChI is InChI=1S/C21H15N3O3S3/c1-11-2-8-16-18(19(11)30(25,26)27)29-21(24-16)13-5-9-15-17(10-13)28-20(23-15)12-3-6-14(22)7-4-12/h2-10H,22H2,1H3,(H,25,26,27). The second-order valence-electron chi connectivity index (χ2n) is 6.88. The number of aromatic nitrogens is 2. The fraction of sp³-hybridized carbons (Fsp3) is 0.0476. The highest BCUT2D eigenvalue weighted by Crippen LogP contribution is 2.38. The molecule has 0 bridgehead atoms. The Labute approximate surface area is 180 Å². The van der Waals surface area contributed by atoms with Gasteiger partial charge in [0.05, 0.1) is 20.4 Å². The van der Waals surface area contributed by atoms with Crippen molar-refractivity contribution in [3.05, 3.63) is 60.2 Å². The van der Waals surface area contributed by atoms with E-state index < -0.39 is 10.1 Å². The van der Waals surface area contributed by atoms with Crippen molar-refractivity contribution in [2.24, 2.45) is 0 Å². The summed E-state index contributed by atoms with van der Waals surface area (Å²) < 4.78 is 34.8. The van der Waals surface area contributed by atoms with E-state index in [4.69, 9.17) is 10.7 Å². The summed E-state index contributed by atoms with van der Waals surface area (Å²) in [6, 6.07) is 16.9. The van der Waals surface area contributed by atoms with Gasteiger partial charge in [-0.15, -0.1) is 22.7 Å². The lowest BCUT2D eigenvalue weighted by atomic mass is 10.2. The third-order valence-corrected chi connectivity index (χ3v) is 8.14. The number of nitrogens with two attached hydrogens (primary N) is 1. The van der Waals surface area contributed by atoms with Crippen LogP contribution in [0, 0.1) is 6.92 Å². The van der Waals surface area contributed by atoms with Gasteiger partial charge in [-0.25, -0.2) is 9.97 Å². The third kappa shape index (κ3) is 3.25. The Kier molecular flexibility index (Phi) is 4.37. The van der Waals surface area contributed by atoms with Gasteiger partial charge < -0.3 is 5.73 Å². The van der Waals surface area contributed by atoms with Crippen LogP contribution in [-0.4, -0.2) is 22.9 Å². The summed E-state index contributed by atoms with van der Waals surface area (Å²) in [5.74, 6) is 0. The lowest BCUT2D eigenvalue weighted by Gasteiger charge is -2.02. The van der Waals surface area contributed by atoms with Crippen molar-refractivity contribution >= 4 is 58.9 Å². The van der Waals surface area contributed by atoms with Crippen LogP contribution in [0.5, 0.6) is 0 Å². The summed E-state index contributed by atoms with van der Waals surface area (Å²) >= 11 is 2.82. The maximum absolute atomic E-state index is 11.9. The van der Waals surface area contributed by atoms with E-state index in [2.05, 4.69) is 4.98 Å². The lowest BCUT2D eigenvalue weighted by molar-refractivity contribution is 0.484. The Morgan fingerprint density at radius 2 is 1.50 bits per heavy atom. The quantitative estimate of drug-likeness (QED) is 0.281. The van der Waals surface area contributed by atoms with Crippen molar-refractivity contribution in [3.8, 4) is 21.1 Å². The summed E-state index contributed by atoms with van der Waals surface area (Å²) in [6.07, 6.45) is 0. The number of aryl methyl sites for hydroxylation is 1. The number of anilines is 1. The molecule has 5 rings (SSSR count). The zero-order valence-electron chi connectivity index (χ0n) is 15.7. The fourth-order valence-corrected chi connectivity index (χ4v) is 6.64. The highest BCUT2D eigenvalue weighted by molar-refractivity contribution is 7.86. The minimum absolute atomic E-state index is 0.0757. The lowest BCUT2D eigenvalue weighted by Crippen LogP contribution is -2.00. The Hall–Kier alpha value is -2.85. The van der Waals surface area contributed by atoms with Crippen molar-refractivity contribution in [1.82, 2.24) is 9.97 Å². The molecule has 6 nitrogen and oxygen atoms in total. The first-order chi connectivity index (χ1) is 14.3. The van der Waals surface area contributed by atoms with Gasteiger partial charge in [0, 0.05) is 16.8 Å². The molecule has 0 saturated carbocycles. The molecule has 150 valence electrons. The number of nitrogens with zero attached hydrogens (tertiary/aromatic N) is 2. The van der Waals surface area contributed by atoms with Crippen LogP contribution in [0.3, 0.4) is 0 Å². The topological polar surface area (TPSA) is 106 Å². The molecule has 30 heavy (non-hydrogen) atoms. The first-order valence-electron chi connectivity index (χ1n) is 8.94. The van der Waals surface area contributed by atoms with Crippen LogP contribution in [-0.2, 0) is 10.1 Å². The molecule has 0 saturated heterocycles. The van der Waals surface area contributed by atoms with Crippen molar-refractivity contribution < 1.29 is 13.0 Å². The molecular formula is C21H15N3O3S3. The average molecular weight is 454 g/mol. The van der Waals surface area contributed by atoms with E-state index in [0.717, 1.165) is 26.4 Å². The first-order valence-corrected chi connectivity index (χ1v) is 12.0. The van der Waals surface area contributed by atoms with Gasteiger partial charge in [-0.05, 0) is 61.0 Å². The van der Waals surface area contributed by atoms with Crippen molar-refractivity contribution in [1.29, 1.82) is 0 Å². The van der Waals surface area contributed by atoms with Gasteiger partial charge in [0.2, 0.25) is 0 Å². The second kappa shape index (κ2) is 6.85. The average Bonchev–Trinajstić information content (AvgIpc) is 3.30. The second-order valence-corrected chi connectivity index (χ2v) is 10.3. The number of hydrogen-bond donors (Lipinski definition) is 2. The molecule has 3 aromatic carbocycles. The monoisotopic (exact) mass is 453 g/mol. The van der Waals surface area contributed by atoms with Crippen LogP contribution >= 0.6 is 22.7 Å². The van der Waals surface area contributed by atoms with Gasteiger partial charge in [-0.3, -0.25) is 4.55 Å². The Bertz CT molecular complexity index is 1530. The zero-order chi connectivity index (χ0) is 21.0. The largest absolute Gasteiger partial charge is 0.399 e. The van der Waals surface area contributed by atoms with Gasteiger partial charge in [0.25, 0.3) is 10.1 Å². The van der Waals surface area contributed by atoms with Crippen LogP contribution in [0.1, 0.15) is 5.56 Å². The Morgan fingerprint density at radius 1 is 0.867 bits per heavy atom. The maximum atomic E-state index is 11.9. The Balaban J connectivity index is 1.63. The molecule has 0 aliphatic carbocycles. The van der Waals surface area contributed by atoms with Crippen LogP contribution in [0.15, 0.2) is 59.5 Å². The van der Waals surface area contributed by atoms with Crippen molar-refractivity contribution in [3.63, 3.8) is 0 Å². The predicted molar refractivity (Wildman–Crippen MR) is 123 cm³/mol. The number of rotatable bonds is 3. The van der Waals surface area contributed by atoms with Gasteiger partial charge in [0.15, 0.2) is 0 Å². The first kappa shape index (κ1) is 19.1. The number of benzene rings is 3. The van der Waals surface area contributed by atoms with E-state index in [0.29, 0.717) is 26.5 Å². The van der Waals surface area contributed by atoms with Crippen LogP contribution in [0.2, 0.25) is 0 Å². The van der Waals surface area contributed by atoms with Gasteiger partial charge in [-0.1, -0.05) is 6.07 Å². The molecular weight excluding hydrogens is 438 g/mol. The van der Waals surface area contributed by atoms with Crippen LogP contribution in [0.4, 0.5) is 5.69 Å². The molecule has 9 heteroatoms. The number of fused-ring (bicyclic) bond motifs is 2. The van der Waals surface area contributed by atoms with E-state index in [1.165, 1.54) is 11.3 Å². The van der Waals surface area contributed by atoms with E-state index >= 15 is 0 Å². The third-order valence-electron chi connectivity index (χ3n) is 4.76. The number of hydrogen-bond acceptors (Lipinski definition) is 7. The summed E-state index contributed by atoms with van der Waals surface area (Å²) in [5.41, 5.74) is 10.3. The summed E-state index contributed by atoms with van der Waals surface area (Å²) in [4.78, 5) is 9.21. The molecule has 0 radical (unpaired) electrons. The predicted octanol–water partition coefficient (Wildman–Crippen LogP) is 5.38. The molecule has 2 aromatic heterocycles. The SMILES string of the molecule is Cc1ccc2nc(-c3ccc4nc(-c5ccc(N)cc5)sc4c3)sc2c1S(=O)(=O)O. The van der Waals surface area contributed by atoms with Gasteiger partial charge >= 0.3 is 0 Å².